The van der Waals surface area contributed by atoms with Crippen LogP contribution in [0.5, 0.6) is 5.75 Å². The van der Waals surface area contributed by atoms with Crippen LogP contribution >= 0.6 is 0 Å². The Morgan fingerprint density at radius 2 is 1.83 bits per heavy atom. The van der Waals surface area contributed by atoms with Crippen molar-refractivity contribution in [1.29, 1.82) is 0 Å². The highest BCUT2D eigenvalue weighted by Gasteiger charge is 2.12. The van der Waals surface area contributed by atoms with Crippen molar-refractivity contribution < 1.29 is 4.74 Å². The molecule has 0 spiro atoms. The van der Waals surface area contributed by atoms with Crippen molar-refractivity contribution >= 4 is 0 Å². The molecule has 1 fully saturated rings. The van der Waals surface area contributed by atoms with Gasteiger partial charge in [-0.1, -0.05) is 37.0 Å². The Bertz CT molecular complexity index is 327. The highest BCUT2D eigenvalue weighted by Crippen LogP contribution is 2.22. The van der Waals surface area contributed by atoms with Gasteiger partial charge in [0.05, 0.1) is 0 Å². The molecule has 2 nitrogen and oxygen atoms in total. The molecule has 0 unspecified atom stereocenters. The third-order valence-corrected chi connectivity index (χ3v) is 3.73. The second kappa shape index (κ2) is 7.42. The summed E-state index contributed by atoms with van der Waals surface area (Å²) in [5, 5.41) is 3.51. The maximum atomic E-state index is 5.69. The van der Waals surface area contributed by atoms with Gasteiger partial charge in [0.1, 0.15) is 12.4 Å². The number of rotatable bonds is 6. The molecule has 0 aliphatic heterocycles. The van der Waals surface area contributed by atoms with E-state index in [4.69, 9.17) is 4.74 Å². The number of ether oxygens (including phenoxy) is 1. The average molecular weight is 247 g/mol. The molecule has 0 saturated heterocycles. The topological polar surface area (TPSA) is 21.3 Å². The minimum atomic E-state index is 0.760. The van der Waals surface area contributed by atoms with Crippen molar-refractivity contribution in [3.8, 4) is 5.75 Å². The Kier molecular flexibility index (Phi) is 5.53. The summed E-state index contributed by atoms with van der Waals surface area (Å²) >= 11 is 0. The van der Waals surface area contributed by atoms with Crippen LogP contribution in [0.4, 0.5) is 0 Å². The summed E-state index contributed by atoms with van der Waals surface area (Å²) in [5.41, 5.74) is 1.28. The maximum Gasteiger partial charge on any atom is 0.119 e. The SMILES string of the molecule is Cc1ccc(OCCNCC2CCCCC2)cc1. The molecule has 2 heteroatoms. The predicted octanol–water partition coefficient (Wildman–Crippen LogP) is 3.54. The van der Waals surface area contributed by atoms with Gasteiger partial charge in [-0.15, -0.1) is 0 Å². The van der Waals surface area contributed by atoms with Gasteiger partial charge in [-0.3, -0.25) is 0 Å². The standard InChI is InChI=1S/C16H25NO/c1-14-7-9-16(10-8-14)18-12-11-17-13-15-5-3-2-4-6-15/h7-10,15,17H,2-6,11-13H2,1H3. The summed E-state index contributed by atoms with van der Waals surface area (Å²) in [6.45, 7) is 4.97. The van der Waals surface area contributed by atoms with Crippen molar-refractivity contribution in [1.82, 2.24) is 5.32 Å². The maximum absolute atomic E-state index is 5.69. The van der Waals surface area contributed by atoms with Gasteiger partial charge in [-0.05, 0) is 44.4 Å². The highest BCUT2D eigenvalue weighted by atomic mass is 16.5. The van der Waals surface area contributed by atoms with Gasteiger partial charge in [0.15, 0.2) is 0 Å². The van der Waals surface area contributed by atoms with Crippen LogP contribution in [0.2, 0.25) is 0 Å². The molecule has 1 aromatic carbocycles. The number of nitrogens with one attached hydrogen (secondary N) is 1. The summed E-state index contributed by atoms with van der Waals surface area (Å²) in [7, 11) is 0. The first-order chi connectivity index (χ1) is 8.84. The van der Waals surface area contributed by atoms with Gasteiger partial charge in [0.2, 0.25) is 0 Å². The lowest BCUT2D eigenvalue weighted by Crippen LogP contribution is -2.28. The molecule has 0 atom stereocenters. The van der Waals surface area contributed by atoms with Crippen molar-refractivity contribution in [2.24, 2.45) is 5.92 Å². The summed E-state index contributed by atoms with van der Waals surface area (Å²) in [6.07, 6.45) is 7.10. The van der Waals surface area contributed by atoms with Crippen LogP contribution in [-0.2, 0) is 0 Å². The lowest BCUT2D eigenvalue weighted by molar-refractivity contribution is 0.294. The third-order valence-electron chi connectivity index (χ3n) is 3.73. The molecule has 100 valence electrons. The van der Waals surface area contributed by atoms with Crippen molar-refractivity contribution in [3.63, 3.8) is 0 Å². The Hall–Kier alpha value is -1.02. The van der Waals surface area contributed by atoms with E-state index in [0.717, 1.165) is 31.4 Å². The first kappa shape index (κ1) is 13.4. The fourth-order valence-corrected chi connectivity index (χ4v) is 2.57. The molecule has 0 bridgehead atoms. The molecule has 0 amide bonds. The van der Waals surface area contributed by atoms with Crippen LogP contribution < -0.4 is 10.1 Å². The van der Waals surface area contributed by atoms with E-state index in [9.17, 15) is 0 Å². The lowest BCUT2D eigenvalue weighted by atomic mass is 9.89. The van der Waals surface area contributed by atoms with Gasteiger partial charge in [-0.25, -0.2) is 0 Å². The second-order valence-corrected chi connectivity index (χ2v) is 5.37. The zero-order valence-corrected chi connectivity index (χ0v) is 11.5. The monoisotopic (exact) mass is 247 g/mol. The molecular weight excluding hydrogens is 222 g/mol. The van der Waals surface area contributed by atoms with Crippen LogP contribution in [-0.4, -0.2) is 19.7 Å². The second-order valence-electron chi connectivity index (χ2n) is 5.37. The van der Waals surface area contributed by atoms with E-state index in [-0.39, 0.29) is 0 Å². The molecular formula is C16H25NO. The van der Waals surface area contributed by atoms with Gasteiger partial charge in [0.25, 0.3) is 0 Å². The Balaban J connectivity index is 1.54. The smallest absolute Gasteiger partial charge is 0.119 e. The van der Waals surface area contributed by atoms with Gasteiger partial charge < -0.3 is 10.1 Å². The molecule has 0 aromatic heterocycles. The molecule has 0 radical (unpaired) electrons. The Morgan fingerprint density at radius 1 is 1.11 bits per heavy atom. The molecule has 1 N–H and O–H groups in total. The number of hydrogen-bond donors (Lipinski definition) is 1. The van der Waals surface area contributed by atoms with Gasteiger partial charge in [0, 0.05) is 6.54 Å². The highest BCUT2D eigenvalue weighted by molar-refractivity contribution is 5.26. The average Bonchev–Trinajstić information content (AvgIpc) is 2.42. The minimum absolute atomic E-state index is 0.760. The summed E-state index contributed by atoms with van der Waals surface area (Å²) in [6, 6.07) is 8.25. The van der Waals surface area contributed by atoms with E-state index in [1.807, 2.05) is 12.1 Å². The summed E-state index contributed by atoms with van der Waals surface area (Å²) < 4.78 is 5.69. The molecule has 18 heavy (non-hydrogen) atoms. The summed E-state index contributed by atoms with van der Waals surface area (Å²) in [5.74, 6) is 1.87. The quantitative estimate of drug-likeness (QED) is 0.776. The molecule has 0 heterocycles. The van der Waals surface area contributed by atoms with Crippen molar-refractivity contribution in [2.75, 3.05) is 19.7 Å². The number of benzene rings is 1. The molecule has 1 saturated carbocycles. The van der Waals surface area contributed by atoms with Gasteiger partial charge >= 0.3 is 0 Å². The van der Waals surface area contributed by atoms with Crippen LogP contribution in [0.3, 0.4) is 0 Å². The van der Waals surface area contributed by atoms with E-state index in [2.05, 4.69) is 24.4 Å². The number of aryl methyl sites for hydroxylation is 1. The third kappa shape index (κ3) is 4.69. The fourth-order valence-electron chi connectivity index (χ4n) is 2.57. The van der Waals surface area contributed by atoms with Crippen LogP contribution in [0, 0.1) is 12.8 Å². The molecule has 1 aliphatic carbocycles. The minimum Gasteiger partial charge on any atom is -0.492 e. The van der Waals surface area contributed by atoms with E-state index in [1.54, 1.807) is 0 Å². The predicted molar refractivity (Wildman–Crippen MR) is 76.1 cm³/mol. The van der Waals surface area contributed by atoms with Crippen LogP contribution in [0.15, 0.2) is 24.3 Å². The molecule has 1 aliphatic rings. The fraction of sp³-hybridized carbons (Fsp3) is 0.625. The van der Waals surface area contributed by atoms with E-state index in [0.29, 0.717) is 0 Å². The number of hydrogen-bond acceptors (Lipinski definition) is 2. The zero-order valence-electron chi connectivity index (χ0n) is 11.5. The van der Waals surface area contributed by atoms with Crippen molar-refractivity contribution in [2.45, 2.75) is 39.0 Å². The Labute approximate surface area is 111 Å². The van der Waals surface area contributed by atoms with Crippen LogP contribution in [0.1, 0.15) is 37.7 Å². The van der Waals surface area contributed by atoms with Gasteiger partial charge in [-0.2, -0.15) is 0 Å². The first-order valence-electron chi connectivity index (χ1n) is 7.25. The normalized spacial score (nSPS) is 16.7. The first-order valence-corrected chi connectivity index (χ1v) is 7.25. The van der Waals surface area contributed by atoms with E-state index >= 15 is 0 Å². The molecule has 2 rings (SSSR count). The van der Waals surface area contributed by atoms with E-state index in [1.165, 1.54) is 37.7 Å². The Morgan fingerprint density at radius 3 is 2.56 bits per heavy atom. The lowest BCUT2D eigenvalue weighted by Gasteiger charge is -2.21. The van der Waals surface area contributed by atoms with Crippen molar-refractivity contribution in [3.05, 3.63) is 29.8 Å². The zero-order chi connectivity index (χ0) is 12.6. The van der Waals surface area contributed by atoms with E-state index < -0.39 is 0 Å². The molecule has 1 aromatic rings. The summed E-state index contributed by atoms with van der Waals surface area (Å²) in [4.78, 5) is 0. The largest absolute Gasteiger partial charge is 0.492 e. The van der Waals surface area contributed by atoms with Crippen LogP contribution in [0.25, 0.3) is 0 Å².